The summed E-state index contributed by atoms with van der Waals surface area (Å²) in [5.41, 5.74) is 4.89. The van der Waals surface area contributed by atoms with Crippen LogP contribution < -0.4 is 17.0 Å². The Bertz CT molecular complexity index is 1180. The number of nitrogens with zero attached hydrogens (tertiary/aromatic N) is 3. The zero-order valence-electron chi connectivity index (χ0n) is 24.6. The maximum Gasteiger partial charge on any atom is 0.332 e. The molecule has 2 aliphatic heterocycles. The molecule has 2 aliphatic rings. The fourth-order valence-corrected chi connectivity index (χ4v) is 6.45. The summed E-state index contributed by atoms with van der Waals surface area (Å²) in [4.78, 5) is 30.2. The molecule has 1 spiro atoms. The Hall–Kier alpha value is -1.58. The molecule has 210 valence electrons. The second kappa shape index (κ2) is 9.56. The second-order valence-electron chi connectivity index (χ2n) is 13.4. The van der Waals surface area contributed by atoms with Crippen LogP contribution >= 0.6 is 0 Å². The first-order valence-corrected chi connectivity index (χ1v) is 18.7. The van der Waals surface area contributed by atoms with Crippen LogP contribution in [0.4, 0.5) is 0 Å². The standard InChI is InChI=1S/C25H46N4O6Si2/c1-16-13-29(22(31)28(8)19(16)30)20-18(35-37(11,12)24(5,6)7)25(21(26)27-15-32-25)17(34-20)14-33-36(9,10)23(2,3)4/h13,17-18,20H,14-15H2,1-12H3,(H2,26,27)/t17-,18+,20-,25+/m1/s1. The van der Waals surface area contributed by atoms with E-state index in [0.29, 0.717) is 5.56 Å². The molecule has 0 aliphatic carbocycles. The van der Waals surface area contributed by atoms with E-state index in [1.54, 1.807) is 6.92 Å². The first-order valence-electron chi connectivity index (χ1n) is 12.9. The van der Waals surface area contributed by atoms with E-state index in [0.717, 1.165) is 4.57 Å². The van der Waals surface area contributed by atoms with Crippen molar-refractivity contribution >= 4 is 22.5 Å². The van der Waals surface area contributed by atoms with Crippen molar-refractivity contribution in [1.29, 1.82) is 0 Å². The predicted molar refractivity (Wildman–Crippen MR) is 150 cm³/mol. The molecular formula is C25H46N4O6Si2. The summed E-state index contributed by atoms with van der Waals surface area (Å²) in [6, 6.07) is 0. The largest absolute Gasteiger partial charge is 0.414 e. The van der Waals surface area contributed by atoms with Gasteiger partial charge in [-0.2, -0.15) is 0 Å². The van der Waals surface area contributed by atoms with Crippen molar-refractivity contribution in [1.82, 2.24) is 9.13 Å². The molecule has 0 aromatic carbocycles. The van der Waals surface area contributed by atoms with Crippen molar-refractivity contribution in [3.05, 3.63) is 32.6 Å². The highest BCUT2D eigenvalue weighted by Gasteiger charge is 2.65. The molecule has 3 heterocycles. The molecule has 10 nitrogen and oxygen atoms in total. The molecule has 0 bridgehead atoms. The van der Waals surface area contributed by atoms with Crippen LogP contribution in [0.5, 0.6) is 0 Å². The number of amidine groups is 1. The Morgan fingerprint density at radius 2 is 1.68 bits per heavy atom. The fraction of sp³-hybridized carbons (Fsp3) is 0.800. The third-order valence-corrected chi connectivity index (χ3v) is 17.7. The van der Waals surface area contributed by atoms with Crippen molar-refractivity contribution in [2.75, 3.05) is 13.3 Å². The summed E-state index contributed by atoms with van der Waals surface area (Å²) in [5, 5.41) is -0.152. The average Bonchev–Trinajstić information content (AvgIpc) is 3.27. The summed E-state index contributed by atoms with van der Waals surface area (Å²) in [7, 11) is -3.13. The van der Waals surface area contributed by atoms with E-state index in [2.05, 4.69) is 72.7 Å². The molecule has 1 saturated heterocycles. The zero-order chi connectivity index (χ0) is 28.4. The van der Waals surface area contributed by atoms with Gasteiger partial charge in [-0.15, -0.1) is 0 Å². The number of ether oxygens (including phenoxy) is 2. The predicted octanol–water partition coefficient (Wildman–Crippen LogP) is 3.25. The van der Waals surface area contributed by atoms with Gasteiger partial charge in [0, 0.05) is 18.8 Å². The first kappa shape index (κ1) is 30.0. The molecule has 3 rings (SSSR count). The highest BCUT2D eigenvalue weighted by Crippen LogP contribution is 2.48. The van der Waals surface area contributed by atoms with Crippen LogP contribution in [-0.4, -0.2) is 62.8 Å². The van der Waals surface area contributed by atoms with E-state index >= 15 is 0 Å². The minimum absolute atomic E-state index is 0.0167. The molecule has 37 heavy (non-hydrogen) atoms. The Morgan fingerprint density at radius 3 is 2.16 bits per heavy atom. The van der Waals surface area contributed by atoms with Gasteiger partial charge in [-0.3, -0.25) is 13.9 Å². The minimum atomic E-state index is -2.43. The van der Waals surface area contributed by atoms with Gasteiger partial charge in [-0.05, 0) is 43.2 Å². The molecule has 1 aromatic rings. The second-order valence-corrected chi connectivity index (χ2v) is 22.9. The van der Waals surface area contributed by atoms with E-state index in [1.165, 1.54) is 17.8 Å². The molecular weight excluding hydrogens is 508 g/mol. The lowest BCUT2D eigenvalue weighted by molar-refractivity contribution is -0.0764. The van der Waals surface area contributed by atoms with E-state index in [9.17, 15) is 9.59 Å². The normalized spacial score (nSPS) is 27.2. The van der Waals surface area contributed by atoms with Crippen molar-refractivity contribution in [2.24, 2.45) is 17.8 Å². The lowest BCUT2D eigenvalue weighted by atomic mass is 9.91. The molecule has 0 amide bonds. The van der Waals surface area contributed by atoms with Gasteiger partial charge in [0.2, 0.25) is 0 Å². The van der Waals surface area contributed by atoms with Gasteiger partial charge < -0.3 is 24.1 Å². The summed E-state index contributed by atoms with van der Waals surface area (Å²) < 4.78 is 29.0. The van der Waals surface area contributed by atoms with E-state index in [4.69, 9.17) is 24.1 Å². The van der Waals surface area contributed by atoms with Crippen molar-refractivity contribution in [3.8, 4) is 0 Å². The number of aliphatic imine (C=N–C) groups is 1. The van der Waals surface area contributed by atoms with Gasteiger partial charge in [0.1, 0.15) is 24.8 Å². The number of aromatic nitrogens is 2. The van der Waals surface area contributed by atoms with Gasteiger partial charge in [0.15, 0.2) is 28.5 Å². The minimum Gasteiger partial charge on any atom is -0.414 e. The maximum absolute atomic E-state index is 13.4. The number of aryl methyl sites for hydroxylation is 1. The third-order valence-electron chi connectivity index (χ3n) is 8.79. The summed E-state index contributed by atoms with van der Waals surface area (Å²) >= 11 is 0. The molecule has 1 fully saturated rings. The molecule has 4 atom stereocenters. The number of rotatable bonds is 6. The smallest absolute Gasteiger partial charge is 0.332 e. The summed E-state index contributed by atoms with van der Waals surface area (Å²) in [5.74, 6) is 0.275. The van der Waals surface area contributed by atoms with E-state index < -0.39 is 46.4 Å². The van der Waals surface area contributed by atoms with E-state index in [-0.39, 0.29) is 34.8 Å². The number of hydrogen-bond donors (Lipinski definition) is 1. The van der Waals surface area contributed by atoms with Gasteiger partial charge in [0.05, 0.1) is 6.61 Å². The molecule has 2 N–H and O–H groups in total. The molecule has 0 unspecified atom stereocenters. The fourth-order valence-electron chi connectivity index (χ4n) is 4.17. The SMILES string of the molecule is Cc1cn([C@@H]2O[C@H](CO[Si](C)(C)C(C)(C)C)[C@]3(OCN=C3N)[C@H]2O[Si](C)(C)C(C)(C)C)c(=O)n(C)c1=O. The summed E-state index contributed by atoms with van der Waals surface area (Å²) in [6.07, 6.45) is -0.809. The molecule has 12 heteroatoms. The third kappa shape index (κ3) is 5.08. The van der Waals surface area contributed by atoms with Gasteiger partial charge >= 0.3 is 5.69 Å². The lowest BCUT2D eigenvalue weighted by Gasteiger charge is -2.43. The van der Waals surface area contributed by atoms with Gasteiger partial charge in [0.25, 0.3) is 5.56 Å². The van der Waals surface area contributed by atoms with Gasteiger partial charge in [-0.25, -0.2) is 9.79 Å². The Morgan fingerprint density at radius 1 is 1.11 bits per heavy atom. The highest BCUT2D eigenvalue weighted by atomic mass is 28.4. The zero-order valence-corrected chi connectivity index (χ0v) is 26.6. The number of nitrogens with two attached hydrogens (primary N) is 1. The Balaban J connectivity index is 2.19. The Labute approximate surface area is 222 Å². The molecule has 1 aromatic heterocycles. The molecule has 0 radical (unpaired) electrons. The lowest BCUT2D eigenvalue weighted by Crippen LogP contribution is -2.62. The monoisotopic (exact) mass is 554 g/mol. The van der Waals surface area contributed by atoms with Crippen LogP contribution in [0.25, 0.3) is 0 Å². The average molecular weight is 555 g/mol. The van der Waals surface area contributed by atoms with Crippen molar-refractivity contribution in [3.63, 3.8) is 0 Å². The van der Waals surface area contributed by atoms with Crippen LogP contribution in [0.1, 0.15) is 53.3 Å². The number of hydrogen-bond acceptors (Lipinski definition) is 8. The maximum atomic E-state index is 13.4. The van der Waals surface area contributed by atoms with Crippen molar-refractivity contribution in [2.45, 2.75) is 109 Å². The van der Waals surface area contributed by atoms with Crippen LogP contribution in [0.15, 0.2) is 20.8 Å². The first-order chi connectivity index (χ1) is 16.7. The van der Waals surface area contributed by atoms with Crippen LogP contribution in [0.3, 0.4) is 0 Å². The van der Waals surface area contributed by atoms with Crippen LogP contribution in [-0.2, 0) is 25.4 Å². The van der Waals surface area contributed by atoms with Crippen LogP contribution in [0, 0.1) is 6.92 Å². The van der Waals surface area contributed by atoms with Crippen molar-refractivity contribution < 1.29 is 18.3 Å². The summed E-state index contributed by atoms with van der Waals surface area (Å²) in [6.45, 7) is 23.5. The van der Waals surface area contributed by atoms with Gasteiger partial charge in [-0.1, -0.05) is 41.5 Å². The van der Waals surface area contributed by atoms with E-state index in [1.807, 2.05) is 0 Å². The van der Waals surface area contributed by atoms with Crippen LogP contribution in [0.2, 0.25) is 36.3 Å². The topological polar surface area (TPSA) is 119 Å². The molecule has 0 saturated carbocycles. The quantitative estimate of drug-likeness (QED) is 0.536. The highest BCUT2D eigenvalue weighted by molar-refractivity contribution is 6.74. The Kier molecular flexibility index (Phi) is 7.74.